The van der Waals surface area contributed by atoms with E-state index in [0.29, 0.717) is 6.54 Å². The molecule has 0 N–H and O–H groups in total. The molecular weight excluding hydrogens is 216 g/mol. The summed E-state index contributed by atoms with van der Waals surface area (Å²) in [5, 5.41) is 8.98. The van der Waals surface area contributed by atoms with Gasteiger partial charge >= 0.3 is 5.97 Å². The molecule has 0 aromatic heterocycles. The number of benzene rings is 1. The lowest BCUT2D eigenvalue weighted by molar-refractivity contribution is -0.147. The number of carbonyl (C=O) groups is 1. The maximum Gasteiger partial charge on any atom is 0.338 e. The zero-order chi connectivity index (χ0) is 12.7. The number of likely N-dealkylation sites (N-methyl/N-ethyl adjacent to an activating group) is 1. The predicted molar refractivity (Wildman–Crippen MR) is 63.9 cm³/mol. The van der Waals surface area contributed by atoms with Crippen LogP contribution >= 0.6 is 0 Å². The zero-order valence-corrected chi connectivity index (χ0v) is 10.1. The Morgan fingerprint density at radius 3 is 2.65 bits per heavy atom. The van der Waals surface area contributed by atoms with Crippen LogP contribution in [-0.4, -0.2) is 30.6 Å². The summed E-state index contributed by atoms with van der Waals surface area (Å²) in [6.07, 6.45) is 0. The number of hydrogen-bond acceptors (Lipinski definition) is 4. The second-order valence-corrected chi connectivity index (χ2v) is 3.68. The lowest BCUT2D eigenvalue weighted by Gasteiger charge is -2.20. The summed E-state index contributed by atoms with van der Waals surface area (Å²) >= 11 is 0. The molecule has 4 nitrogen and oxygen atoms in total. The summed E-state index contributed by atoms with van der Waals surface area (Å²) in [5.41, 5.74) is 1.06. The molecule has 1 rings (SSSR count). The third kappa shape index (κ3) is 3.89. The minimum Gasteiger partial charge on any atom is -0.464 e. The first kappa shape index (κ1) is 13.2. The zero-order valence-electron chi connectivity index (χ0n) is 10.1. The fourth-order valence-electron chi connectivity index (χ4n) is 1.52. The van der Waals surface area contributed by atoms with Crippen LogP contribution in [0.3, 0.4) is 0 Å². The average Bonchev–Trinajstić information content (AvgIpc) is 2.31. The van der Waals surface area contributed by atoms with Crippen LogP contribution < -0.4 is 0 Å². The highest BCUT2D eigenvalue weighted by molar-refractivity contribution is 5.78. The highest BCUT2D eigenvalue weighted by Crippen LogP contribution is 2.07. The van der Waals surface area contributed by atoms with Crippen LogP contribution in [0.15, 0.2) is 30.3 Å². The van der Waals surface area contributed by atoms with E-state index in [1.807, 2.05) is 36.4 Å². The van der Waals surface area contributed by atoms with Crippen molar-refractivity contribution >= 4 is 5.97 Å². The molecule has 0 heterocycles. The first-order valence-corrected chi connectivity index (χ1v) is 5.49. The fraction of sp³-hybridized carbons (Fsp3) is 0.385. The standard InChI is InChI=1S/C13H16N2O2/c1-3-17-13(16)12(9-14)15(2)10-11-7-5-4-6-8-11/h4-8,12H,3,10H2,1-2H3. The van der Waals surface area contributed by atoms with E-state index < -0.39 is 12.0 Å². The molecule has 0 spiro atoms. The topological polar surface area (TPSA) is 53.3 Å². The maximum absolute atomic E-state index is 11.5. The van der Waals surface area contributed by atoms with Crippen LogP contribution in [0.1, 0.15) is 12.5 Å². The molecule has 0 radical (unpaired) electrons. The van der Waals surface area contributed by atoms with E-state index >= 15 is 0 Å². The van der Waals surface area contributed by atoms with Gasteiger partial charge < -0.3 is 4.74 Å². The maximum atomic E-state index is 11.5. The molecule has 90 valence electrons. The summed E-state index contributed by atoms with van der Waals surface area (Å²) in [6, 6.07) is 10.8. The summed E-state index contributed by atoms with van der Waals surface area (Å²) in [4.78, 5) is 13.2. The van der Waals surface area contributed by atoms with E-state index in [4.69, 9.17) is 10.00 Å². The van der Waals surface area contributed by atoms with Crippen LogP contribution in [0, 0.1) is 11.3 Å². The Bertz CT molecular complexity index is 398. The van der Waals surface area contributed by atoms with Crippen LogP contribution in [-0.2, 0) is 16.1 Å². The molecule has 1 aromatic rings. The summed E-state index contributed by atoms with van der Waals surface area (Å²) in [7, 11) is 1.73. The average molecular weight is 232 g/mol. The van der Waals surface area contributed by atoms with Crippen LogP contribution in [0.2, 0.25) is 0 Å². The summed E-state index contributed by atoms with van der Waals surface area (Å²) in [6.45, 7) is 2.55. The molecule has 0 saturated heterocycles. The predicted octanol–water partition coefficient (Wildman–Crippen LogP) is 1.57. The summed E-state index contributed by atoms with van der Waals surface area (Å²) < 4.78 is 4.85. The van der Waals surface area contributed by atoms with Crippen molar-refractivity contribution in [2.75, 3.05) is 13.7 Å². The van der Waals surface area contributed by atoms with Gasteiger partial charge in [-0.1, -0.05) is 30.3 Å². The number of nitrogens with zero attached hydrogens (tertiary/aromatic N) is 2. The van der Waals surface area contributed by atoms with Crippen molar-refractivity contribution in [2.45, 2.75) is 19.5 Å². The lowest BCUT2D eigenvalue weighted by atomic mass is 10.2. The van der Waals surface area contributed by atoms with Crippen LogP contribution in [0.5, 0.6) is 0 Å². The molecule has 0 aliphatic carbocycles. The Hall–Kier alpha value is -1.86. The van der Waals surface area contributed by atoms with Gasteiger partial charge in [-0.05, 0) is 19.5 Å². The number of esters is 1. The van der Waals surface area contributed by atoms with Crippen molar-refractivity contribution in [1.29, 1.82) is 5.26 Å². The first-order valence-electron chi connectivity index (χ1n) is 5.49. The van der Waals surface area contributed by atoms with E-state index in [0.717, 1.165) is 5.56 Å². The smallest absolute Gasteiger partial charge is 0.338 e. The number of rotatable bonds is 5. The third-order valence-electron chi connectivity index (χ3n) is 2.35. The van der Waals surface area contributed by atoms with Gasteiger partial charge in [0.2, 0.25) is 0 Å². The van der Waals surface area contributed by atoms with Crippen molar-refractivity contribution in [3.8, 4) is 6.07 Å². The van der Waals surface area contributed by atoms with Gasteiger partial charge in [-0.15, -0.1) is 0 Å². The van der Waals surface area contributed by atoms with Gasteiger partial charge in [0, 0.05) is 6.54 Å². The van der Waals surface area contributed by atoms with E-state index in [-0.39, 0.29) is 6.61 Å². The van der Waals surface area contributed by atoms with Gasteiger partial charge in [0.15, 0.2) is 6.04 Å². The Balaban J connectivity index is 2.65. The van der Waals surface area contributed by atoms with E-state index in [1.54, 1.807) is 18.9 Å². The fourth-order valence-corrected chi connectivity index (χ4v) is 1.52. The Morgan fingerprint density at radius 2 is 2.12 bits per heavy atom. The highest BCUT2D eigenvalue weighted by Gasteiger charge is 2.23. The Kier molecular flexibility index (Phi) is 5.18. The largest absolute Gasteiger partial charge is 0.464 e. The first-order chi connectivity index (χ1) is 8.19. The number of hydrogen-bond donors (Lipinski definition) is 0. The minimum absolute atomic E-state index is 0.288. The van der Waals surface area contributed by atoms with Gasteiger partial charge in [-0.3, -0.25) is 4.90 Å². The molecule has 1 aromatic carbocycles. The highest BCUT2D eigenvalue weighted by atomic mass is 16.5. The molecule has 1 unspecified atom stereocenters. The van der Waals surface area contributed by atoms with Crippen molar-refractivity contribution in [3.05, 3.63) is 35.9 Å². The van der Waals surface area contributed by atoms with Crippen LogP contribution in [0.25, 0.3) is 0 Å². The third-order valence-corrected chi connectivity index (χ3v) is 2.35. The molecule has 1 atom stereocenters. The van der Waals surface area contributed by atoms with E-state index in [1.165, 1.54) is 0 Å². The molecule has 17 heavy (non-hydrogen) atoms. The van der Waals surface area contributed by atoms with E-state index in [2.05, 4.69) is 0 Å². The molecular formula is C13H16N2O2. The second kappa shape index (κ2) is 6.66. The van der Waals surface area contributed by atoms with Gasteiger partial charge in [0.1, 0.15) is 0 Å². The number of carbonyl (C=O) groups excluding carboxylic acids is 1. The second-order valence-electron chi connectivity index (χ2n) is 3.68. The SMILES string of the molecule is CCOC(=O)C(C#N)N(C)Cc1ccccc1. The van der Waals surface area contributed by atoms with Crippen LogP contribution in [0.4, 0.5) is 0 Å². The van der Waals surface area contributed by atoms with Gasteiger partial charge in [0.05, 0.1) is 12.7 Å². The molecule has 0 aliphatic rings. The molecule has 0 bridgehead atoms. The molecule has 0 saturated carbocycles. The van der Waals surface area contributed by atoms with Gasteiger partial charge in [-0.2, -0.15) is 5.26 Å². The van der Waals surface area contributed by atoms with Crippen molar-refractivity contribution in [1.82, 2.24) is 4.90 Å². The Morgan fingerprint density at radius 1 is 1.47 bits per heavy atom. The normalized spacial score (nSPS) is 11.9. The number of nitriles is 1. The number of ether oxygens (including phenoxy) is 1. The van der Waals surface area contributed by atoms with Gasteiger partial charge in [0.25, 0.3) is 0 Å². The minimum atomic E-state index is -0.852. The molecule has 0 amide bonds. The molecule has 4 heteroatoms. The quantitative estimate of drug-likeness (QED) is 0.723. The summed E-state index contributed by atoms with van der Waals surface area (Å²) in [5.74, 6) is -0.492. The van der Waals surface area contributed by atoms with Crippen molar-refractivity contribution < 1.29 is 9.53 Å². The monoisotopic (exact) mass is 232 g/mol. The van der Waals surface area contributed by atoms with Gasteiger partial charge in [-0.25, -0.2) is 4.79 Å². The lowest BCUT2D eigenvalue weighted by Crippen LogP contribution is -2.38. The molecule has 0 aliphatic heterocycles. The van der Waals surface area contributed by atoms with Crippen molar-refractivity contribution in [3.63, 3.8) is 0 Å². The van der Waals surface area contributed by atoms with E-state index in [9.17, 15) is 4.79 Å². The van der Waals surface area contributed by atoms with Crippen molar-refractivity contribution in [2.24, 2.45) is 0 Å². The molecule has 0 fully saturated rings. The Labute approximate surface area is 101 Å².